The molecule has 0 spiro atoms. The number of carbonyl (C=O) groups excluding carboxylic acids is 1. The predicted octanol–water partition coefficient (Wildman–Crippen LogP) is 3.46. The Morgan fingerprint density at radius 1 is 1.24 bits per heavy atom. The lowest BCUT2D eigenvalue weighted by molar-refractivity contribution is -0.118. The van der Waals surface area contributed by atoms with Crippen molar-refractivity contribution in [1.29, 1.82) is 0 Å². The van der Waals surface area contributed by atoms with Gasteiger partial charge < -0.3 is 15.6 Å². The summed E-state index contributed by atoms with van der Waals surface area (Å²) in [6, 6.07) is 8.08. The molecule has 2 aromatic rings. The molecule has 3 N–H and O–H groups in total. The molecule has 1 heterocycles. The van der Waals surface area contributed by atoms with Crippen LogP contribution in [0.25, 0.3) is 0 Å². The average Bonchev–Trinajstić information content (AvgIpc) is 2.91. The van der Waals surface area contributed by atoms with Crippen LogP contribution in [-0.4, -0.2) is 23.4 Å². The second kappa shape index (κ2) is 9.06. The standard InChI is InChI=1S/C19H27N3O2S/c1-12(2)15-5-7-16(8-6-15)18(20)9-21-19(23)11-25-10-17-13(3)22-24-14(17)4/h5-8,12,18H,9-11,20H2,1-4H3,(H,21,23). The smallest absolute Gasteiger partial charge is 0.230 e. The monoisotopic (exact) mass is 361 g/mol. The zero-order valence-electron chi connectivity index (χ0n) is 15.3. The van der Waals surface area contributed by atoms with Crippen LogP contribution in [0.4, 0.5) is 0 Å². The summed E-state index contributed by atoms with van der Waals surface area (Å²) in [4.78, 5) is 12.0. The minimum absolute atomic E-state index is 0.00832. The third kappa shape index (κ3) is 5.61. The highest BCUT2D eigenvalue weighted by Crippen LogP contribution is 2.19. The molecule has 0 aliphatic rings. The molecular weight excluding hydrogens is 334 g/mol. The molecule has 0 saturated heterocycles. The van der Waals surface area contributed by atoms with Crippen LogP contribution in [0.5, 0.6) is 0 Å². The van der Waals surface area contributed by atoms with Crippen LogP contribution in [0, 0.1) is 13.8 Å². The van der Waals surface area contributed by atoms with Crippen molar-refractivity contribution in [3.05, 3.63) is 52.4 Å². The number of aryl methyl sites for hydroxylation is 2. The van der Waals surface area contributed by atoms with Gasteiger partial charge in [0.1, 0.15) is 5.76 Å². The van der Waals surface area contributed by atoms with Gasteiger partial charge in [-0.25, -0.2) is 0 Å². The van der Waals surface area contributed by atoms with Gasteiger partial charge in [0.25, 0.3) is 0 Å². The van der Waals surface area contributed by atoms with Crippen molar-refractivity contribution in [2.24, 2.45) is 5.73 Å². The van der Waals surface area contributed by atoms with Gasteiger partial charge in [0.2, 0.25) is 5.91 Å². The van der Waals surface area contributed by atoms with E-state index in [1.807, 2.05) is 26.0 Å². The van der Waals surface area contributed by atoms with E-state index in [1.54, 1.807) is 11.8 Å². The fourth-order valence-electron chi connectivity index (χ4n) is 2.47. The molecule has 0 aliphatic carbocycles. The summed E-state index contributed by atoms with van der Waals surface area (Å²) in [6.07, 6.45) is 0. The topological polar surface area (TPSA) is 81.2 Å². The predicted molar refractivity (Wildman–Crippen MR) is 103 cm³/mol. The SMILES string of the molecule is Cc1noc(C)c1CSCC(=O)NCC(N)c1ccc(C(C)C)cc1. The number of hydrogen-bond acceptors (Lipinski definition) is 5. The summed E-state index contributed by atoms with van der Waals surface area (Å²) in [6.45, 7) is 8.56. The van der Waals surface area contributed by atoms with Gasteiger partial charge in [-0.1, -0.05) is 43.3 Å². The zero-order chi connectivity index (χ0) is 18.4. The molecule has 1 atom stereocenters. The van der Waals surface area contributed by atoms with Crippen molar-refractivity contribution in [1.82, 2.24) is 10.5 Å². The lowest BCUT2D eigenvalue weighted by Crippen LogP contribution is -2.33. The van der Waals surface area contributed by atoms with Crippen LogP contribution in [-0.2, 0) is 10.5 Å². The van der Waals surface area contributed by atoms with E-state index in [4.69, 9.17) is 10.3 Å². The summed E-state index contributed by atoms with van der Waals surface area (Å²) >= 11 is 1.55. The van der Waals surface area contributed by atoms with E-state index >= 15 is 0 Å². The maximum atomic E-state index is 12.0. The van der Waals surface area contributed by atoms with E-state index in [9.17, 15) is 4.79 Å². The number of amides is 1. The highest BCUT2D eigenvalue weighted by molar-refractivity contribution is 7.99. The molecule has 0 saturated carbocycles. The van der Waals surface area contributed by atoms with Crippen LogP contribution < -0.4 is 11.1 Å². The number of carbonyl (C=O) groups is 1. The Morgan fingerprint density at radius 3 is 2.44 bits per heavy atom. The van der Waals surface area contributed by atoms with Crippen molar-refractivity contribution in [3.63, 3.8) is 0 Å². The van der Waals surface area contributed by atoms with Gasteiger partial charge in [0.15, 0.2) is 0 Å². The molecule has 6 heteroatoms. The van der Waals surface area contributed by atoms with E-state index < -0.39 is 0 Å². The van der Waals surface area contributed by atoms with Crippen LogP contribution in [0.1, 0.15) is 54.0 Å². The minimum atomic E-state index is -0.197. The van der Waals surface area contributed by atoms with Crippen molar-refractivity contribution >= 4 is 17.7 Å². The third-order valence-electron chi connectivity index (χ3n) is 4.21. The number of aromatic nitrogens is 1. The van der Waals surface area contributed by atoms with Gasteiger partial charge >= 0.3 is 0 Å². The number of nitrogens with two attached hydrogens (primary N) is 1. The molecule has 1 amide bonds. The maximum absolute atomic E-state index is 12.0. The molecule has 25 heavy (non-hydrogen) atoms. The fraction of sp³-hybridized carbons (Fsp3) is 0.474. The first-order chi connectivity index (χ1) is 11.9. The number of hydrogen-bond donors (Lipinski definition) is 2. The quantitative estimate of drug-likeness (QED) is 0.752. The van der Waals surface area contributed by atoms with Crippen molar-refractivity contribution in [2.75, 3.05) is 12.3 Å². The van der Waals surface area contributed by atoms with E-state index in [1.165, 1.54) is 5.56 Å². The van der Waals surface area contributed by atoms with Gasteiger partial charge in [0, 0.05) is 23.9 Å². The summed E-state index contributed by atoms with van der Waals surface area (Å²) in [7, 11) is 0. The van der Waals surface area contributed by atoms with E-state index in [2.05, 4.69) is 36.5 Å². The second-order valence-corrected chi connectivity index (χ2v) is 7.51. The van der Waals surface area contributed by atoms with E-state index in [0.29, 0.717) is 18.2 Å². The Hall–Kier alpha value is -1.79. The van der Waals surface area contributed by atoms with Gasteiger partial charge in [0.05, 0.1) is 11.4 Å². The molecule has 0 fully saturated rings. The van der Waals surface area contributed by atoms with Gasteiger partial charge in [-0.05, 0) is 30.9 Å². The number of rotatable bonds is 8. The number of nitrogens with zero attached hydrogens (tertiary/aromatic N) is 1. The summed E-state index contributed by atoms with van der Waals surface area (Å²) in [5.74, 6) is 2.42. The first kappa shape index (κ1) is 19.5. The molecule has 136 valence electrons. The largest absolute Gasteiger partial charge is 0.361 e. The third-order valence-corrected chi connectivity index (χ3v) is 5.17. The minimum Gasteiger partial charge on any atom is -0.361 e. The van der Waals surface area contributed by atoms with Crippen LogP contribution >= 0.6 is 11.8 Å². The van der Waals surface area contributed by atoms with E-state index in [-0.39, 0.29) is 11.9 Å². The van der Waals surface area contributed by atoms with Crippen molar-refractivity contribution in [3.8, 4) is 0 Å². The first-order valence-corrected chi connectivity index (χ1v) is 9.65. The molecule has 1 aromatic carbocycles. The first-order valence-electron chi connectivity index (χ1n) is 8.50. The molecule has 2 rings (SSSR count). The van der Waals surface area contributed by atoms with Crippen LogP contribution in [0.3, 0.4) is 0 Å². The summed E-state index contributed by atoms with van der Waals surface area (Å²) in [5.41, 5.74) is 10.5. The molecule has 0 radical (unpaired) electrons. The summed E-state index contributed by atoms with van der Waals surface area (Å²) in [5, 5.41) is 6.82. The number of benzene rings is 1. The number of thioether (sulfide) groups is 1. The molecule has 0 aliphatic heterocycles. The van der Waals surface area contributed by atoms with Crippen molar-refractivity contribution < 1.29 is 9.32 Å². The summed E-state index contributed by atoms with van der Waals surface area (Å²) < 4.78 is 5.12. The van der Waals surface area contributed by atoms with Gasteiger partial charge in [-0.2, -0.15) is 0 Å². The van der Waals surface area contributed by atoms with Gasteiger partial charge in [-0.3, -0.25) is 4.79 Å². The molecule has 1 unspecified atom stereocenters. The highest BCUT2D eigenvalue weighted by atomic mass is 32.2. The highest BCUT2D eigenvalue weighted by Gasteiger charge is 2.12. The van der Waals surface area contributed by atoms with Crippen LogP contribution in [0.15, 0.2) is 28.8 Å². The van der Waals surface area contributed by atoms with Gasteiger partial charge in [-0.15, -0.1) is 11.8 Å². The Morgan fingerprint density at radius 2 is 1.88 bits per heavy atom. The molecule has 0 bridgehead atoms. The lowest BCUT2D eigenvalue weighted by atomic mass is 9.99. The number of nitrogens with one attached hydrogen (secondary N) is 1. The Kier molecular flexibility index (Phi) is 7.08. The zero-order valence-corrected chi connectivity index (χ0v) is 16.2. The molecular formula is C19H27N3O2S. The Balaban J connectivity index is 1.73. The molecule has 1 aromatic heterocycles. The van der Waals surface area contributed by atoms with Crippen LogP contribution in [0.2, 0.25) is 0 Å². The second-order valence-electron chi connectivity index (χ2n) is 6.53. The van der Waals surface area contributed by atoms with E-state index in [0.717, 1.165) is 28.3 Å². The maximum Gasteiger partial charge on any atom is 0.230 e. The Labute approximate surface area is 153 Å². The lowest BCUT2D eigenvalue weighted by Gasteiger charge is -2.14. The normalized spacial score (nSPS) is 12.4. The Bertz CT molecular complexity index is 676. The average molecular weight is 362 g/mol. The van der Waals surface area contributed by atoms with Crippen molar-refractivity contribution in [2.45, 2.75) is 45.4 Å². The fourth-order valence-corrected chi connectivity index (χ4v) is 3.48. The molecule has 5 nitrogen and oxygen atoms in total.